The molecule has 148 valence electrons. The van der Waals surface area contributed by atoms with E-state index >= 15 is 0 Å². The van der Waals surface area contributed by atoms with Crippen molar-refractivity contribution < 1.29 is 18.3 Å². The van der Waals surface area contributed by atoms with Crippen LogP contribution >= 0.6 is 22.9 Å². The van der Waals surface area contributed by atoms with E-state index in [1.807, 2.05) is 12.1 Å². The summed E-state index contributed by atoms with van der Waals surface area (Å²) in [5, 5.41) is 11.2. The Bertz CT molecular complexity index is 1200. The van der Waals surface area contributed by atoms with Gasteiger partial charge in [0.05, 0.1) is 28.5 Å². The number of nitrogens with zero attached hydrogens (tertiary/aromatic N) is 2. The number of fused-ring (bicyclic) bond motifs is 1. The van der Waals surface area contributed by atoms with Crippen LogP contribution < -0.4 is 0 Å². The van der Waals surface area contributed by atoms with E-state index in [0.717, 1.165) is 46.3 Å². The number of carboxylic acids is 1. The number of sulfonamides is 1. The number of hydrogen-bond donors (Lipinski definition) is 2. The molecule has 7 nitrogen and oxygen atoms in total. The average Bonchev–Trinajstić information content (AvgIpc) is 3.30. The molecule has 1 unspecified atom stereocenters. The fraction of sp³-hybridized carbons (Fsp3) is 0.333. The largest absolute Gasteiger partial charge is 0.477 e. The highest BCUT2D eigenvalue weighted by Crippen LogP contribution is 2.38. The zero-order valence-electron chi connectivity index (χ0n) is 15.2. The van der Waals surface area contributed by atoms with Gasteiger partial charge in [-0.3, -0.25) is 0 Å². The minimum Gasteiger partial charge on any atom is -0.477 e. The topological polar surface area (TPSA) is 103 Å². The Hall–Kier alpha value is -1.94. The third kappa shape index (κ3) is 3.32. The standard InChI is InChI=1S/C18H18ClN3O4S2/c1-9-16(18(23)24)27-17(20-9)11-6-10-8-13(21-15(10)12(19)7-11)14-4-3-5-22(14)28(2,25)26/h6-8,14,21H,3-5H2,1-2H3,(H,23,24). The molecule has 10 heteroatoms. The second-order valence-electron chi connectivity index (χ2n) is 6.92. The summed E-state index contributed by atoms with van der Waals surface area (Å²) in [4.78, 5) is 19.1. The number of carbonyl (C=O) groups is 1. The molecule has 0 spiro atoms. The van der Waals surface area contributed by atoms with Crippen LogP contribution in [0.1, 0.15) is 39.9 Å². The van der Waals surface area contributed by atoms with E-state index in [9.17, 15) is 18.3 Å². The lowest BCUT2D eigenvalue weighted by molar-refractivity contribution is 0.0701. The molecule has 1 aliphatic heterocycles. The minimum absolute atomic E-state index is 0.204. The Morgan fingerprint density at radius 1 is 1.39 bits per heavy atom. The van der Waals surface area contributed by atoms with Gasteiger partial charge in [-0.05, 0) is 38.0 Å². The van der Waals surface area contributed by atoms with Crippen molar-refractivity contribution in [3.63, 3.8) is 0 Å². The van der Waals surface area contributed by atoms with E-state index in [4.69, 9.17) is 11.6 Å². The molecule has 28 heavy (non-hydrogen) atoms. The van der Waals surface area contributed by atoms with Gasteiger partial charge >= 0.3 is 5.97 Å². The van der Waals surface area contributed by atoms with Crippen molar-refractivity contribution in [3.05, 3.63) is 39.5 Å². The van der Waals surface area contributed by atoms with Gasteiger partial charge in [-0.15, -0.1) is 11.3 Å². The molecule has 3 aromatic rings. The predicted molar refractivity (Wildman–Crippen MR) is 110 cm³/mol. The van der Waals surface area contributed by atoms with E-state index in [-0.39, 0.29) is 10.9 Å². The Labute approximate surface area is 171 Å². The van der Waals surface area contributed by atoms with Gasteiger partial charge in [0.25, 0.3) is 0 Å². The van der Waals surface area contributed by atoms with E-state index < -0.39 is 16.0 Å². The van der Waals surface area contributed by atoms with E-state index in [1.54, 1.807) is 13.0 Å². The molecular weight excluding hydrogens is 422 g/mol. The Kier molecular flexibility index (Phi) is 4.73. The maximum absolute atomic E-state index is 12.1. The van der Waals surface area contributed by atoms with Gasteiger partial charge in [-0.2, -0.15) is 4.31 Å². The number of halogens is 1. The summed E-state index contributed by atoms with van der Waals surface area (Å²) in [5.74, 6) is -1.00. The van der Waals surface area contributed by atoms with Crippen LogP contribution in [0.4, 0.5) is 0 Å². The van der Waals surface area contributed by atoms with Crippen molar-refractivity contribution >= 4 is 49.8 Å². The zero-order chi connectivity index (χ0) is 20.2. The molecule has 4 rings (SSSR count). The summed E-state index contributed by atoms with van der Waals surface area (Å²) in [5.41, 5.74) is 2.73. The minimum atomic E-state index is -3.29. The molecule has 1 aromatic carbocycles. The highest BCUT2D eigenvalue weighted by Gasteiger charge is 2.33. The normalized spacial score (nSPS) is 18.2. The molecule has 1 saturated heterocycles. The van der Waals surface area contributed by atoms with Crippen LogP contribution in [0.2, 0.25) is 5.02 Å². The Morgan fingerprint density at radius 3 is 2.79 bits per heavy atom. The van der Waals surface area contributed by atoms with Gasteiger partial charge < -0.3 is 10.1 Å². The Morgan fingerprint density at radius 2 is 2.14 bits per heavy atom. The van der Waals surface area contributed by atoms with Gasteiger partial charge in [0.2, 0.25) is 10.0 Å². The number of aromatic carboxylic acids is 1. The summed E-state index contributed by atoms with van der Waals surface area (Å²) < 4.78 is 25.6. The predicted octanol–water partition coefficient (Wildman–Crippen LogP) is 4.05. The van der Waals surface area contributed by atoms with E-state index in [1.165, 1.54) is 10.6 Å². The summed E-state index contributed by atoms with van der Waals surface area (Å²) >= 11 is 7.57. The summed E-state index contributed by atoms with van der Waals surface area (Å²) in [6.45, 7) is 2.17. The SMILES string of the molecule is Cc1nc(-c2cc(Cl)c3[nH]c(C4CCCN4S(C)(=O)=O)cc3c2)sc1C(=O)O. The third-order valence-electron chi connectivity index (χ3n) is 4.93. The van der Waals surface area contributed by atoms with Crippen molar-refractivity contribution in [2.45, 2.75) is 25.8 Å². The third-order valence-corrected chi connectivity index (χ3v) is 7.71. The lowest BCUT2D eigenvalue weighted by atomic mass is 10.1. The maximum atomic E-state index is 12.1. The zero-order valence-corrected chi connectivity index (χ0v) is 17.6. The first-order valence-electron chi connectivity index (χ1n) is 8.65. The van der Waals surface area contributed by atoms with Crippen LogP contribution in [0.5, 0.6) is 0 Å². The van der Waals surface area contributed by atoms with Crippen LogP contribution in [-0.2, 0) is 10.0 Å². The maximum Gasteiger partial charge on any atom is 0.347 e. The van der Waals surface area contributed by atoms with Gasteiger partial charge in [0.15, 0.2) is 0 Å². The van der Waals surface area contributed by atoms with Gasteiger partial charge in [0, 0.05) is 23.2 Å². The summed E-state index contributed by atoms with van der Waals surface area (Å²) in [6.07, 6.45) is 2.78. The molecule has 0 aliphatic carbocycles. The van der Waals surface area contributed by atoms with E-state index in [0.29, 0.717) is 22.3 Å². The number of thiazole rings is 1. The second-order valence-corrected chi connectivity index (χ2v) is 10.3. The number of hydrogen-bond acceptors (Lipinski definition) is 5. The fourth-order valence-corrected chi connectivity index (χ4v) is 6.00. The number of nitrogens with one attached hydrogen (secondary N) is 1. The molecule has 0 amide bonds. The molecule has 1 aliphatic rings. The number of H-pyrrole nitrogens is 1. The van der Waals surface area contributed by atoms with Gasteiger partial charge in [-0.25, -0.2) is 18.2 Å². The summed E-state index contributed by atoms with van der Waals surface area (Å²) in [7, 11) is -3.29. The molecular formula is C18H18ClN3O4S2. The fourth-order valence-electron chi connectivity index (χ4n) is 3.69. The number of aromatic amines is 1. The summed E-state index contributed by atoms with van der Waals surface area (Å²) in [6, 6.07) is 5.32. The molecule has 0 saturated carbocycles. The second kappa shape index (κ2) is 6.84. The molecule has 1 atom stereocenters. The van der Waals surface area contributed by atoms with Crippen molar-refractivity contribution in [3.8, 4) is 10.6 Å². The first kappa shape index (κ1) is 19.4. The number of aromatic nitrogens is 2. The smallest absolute Gasteiger partial charge is 0.347 e. The first-order chi connectivity index (χ1) is 13.1. The van der Waals surface area contributed by atoms with Crippen LogP contribution in [0.3, 0.4) is 0 Å². The number of benzene rings is 1. The highest BCUT2D eigenvalue weighted by molar-refractivity contribution is 7.88. The van der Waals surface area contributed by atoms with Gasteiger partial charge in [0.1, 0.15) is 9.88 Å². The molecule has 0 radical (unpaired) electrons. The van der Waals surface area contributed by atoms with Crippen molar-refractivity contribution in [2.24, 2.45) is 0 Å². The first-order valence-corrected chi connectivity index (χ1v) is 11.7. The molecule has 2 N–H and O–H groups in total. The van der Waals surface area contributed by atoms with Crippen LogP contribution in [-0.4, -0.2) is 46.6 Å². The number of rotatable bonds is 4. The molecule has 0 bridgehead atoms. The quantitative estimate of drug-likeness (QED) is 0.638. The lowest BCUT2D eigenvalue weighted by Crippen LogP contribution is -2.29. The average molecular weight is 440 g/mol. The van der Waals surface area contributed by atoms with Crippen molar-refractivity contribution in [2.75, 3.05) is 12.8 Å². The Balaban J connectivity index is 1.78. The molecule has 2 aromatic heterocycles. The highest BCUT2D eigenvalue weighted by atomic mass is 35.5. The van der Waals surface area contributed by atoms with E-state index in [2.05, 4.69) is 9.97 Å². The number of carboxylic acid groups (broad SMARTS) is 1. The molecule has 3 heterocycles. The molecule has 1 fully saturated rings. The lowest BCUT2D eigenvalue weighted by Gasteiger charge is -2.20. The van der Waals surface area contributed by atoms with Crippen LogP contribution in [0.25, 0.3) is 21.5 Å². The van der Waals surface area contributed by atoms with Crippen molar-refractivity contribution in [1.29, 1.82) is 0 Å². The van der Waals surface area contributed by atoms with Crippen LogP contribution in [0, 0.1) is 6.92 Å². The number of aryl methyl sites for hydroxylation is 1. The monoisotopic (exact) mass is 439 g/mol. The van der Waals surface area contributed by atoms with Crippen LogP contribution in [0.15, 0.2) is 18.2 Å². The van der Waals surface area contributed by atoms with Gasteiger partial charge in [-0.1, -0.05) is 11.6 Å². The van der Waals surface area contributed by atoms with Crippen molar-refractivity contribution in [1.82, 2.24) is 14.3 Å².